The standard InChI is InChI=1S/C17H29N3O/c21-13-10-16-6-4-5-11-19(16)14-15-9-12-20(18-15)17-7-2-1-3-8-17/h9,12,16-17,21H,1-8,10-11,13-14H2. The molecule has 0 radical (unpaired) electrons. The lowest BCUT2D eigenvalue weighted by molar-refractivity contribution is 0.111. The van der Waals surface area contributed by atoms with Crippen molar-refractivity contribution in [2.24, 2.45) is 0 Å². The van der Waals surface area contributed by atoms with E-state index in [4.69, 9.17) is 5.10 Å². The minimum Gasteiger partial charge on any atom is -0.396 e. The van der Waals surface area contributed by atoms with E-state index in [0.717, 1.165) is 19.5 Å². The van der Waals surface area contributed by atoms with Crippen molar-refractivity contribution in [3.8, 4) is 0 Å². The van der Waals surface area contributed by atoms with E-state index in [0.29, 0.717) is 18.7 Å². The maximum Gasteiger partial charge on any atom is 0.0765 e. The molecule has 4 nitrogen and oxygen atoms in total. The molecule has 0 spiro atoms. The number of hydrogen-bond acceptors (Lipinski definition) is 3. The lowest BCUT2D eigenvalue weighted by Crippen LogP contribution is -2.39. The number of likely N-dealkylation sites (tertiary alicyclic amines) is 1. The van der Waals surface area contributed by atoms with Gasteiger partial charge in [0.1, 0.15) is 0 Å². The fourth-order valence-corrected chi connectivity index (χ4v) is 3.96. The number of hydrogen-bond donors (Lipinski definition) is 1. The van der Waals surface area contributed by atoms with E-state index < -0.39 is 0 Å². The zero-order valence-electron chi connectivity index (χ0n) is 13.1. The predicted molar refractivity (Wildman–Crippen MR) is 84.1 cm³/mol. The van der Waals surface area contributed by atoms with Crippen LogP contribution in [0.1, 0.15) is 69.5 Å². The van der Waals surface area contributed by atoms with Gasteiger partial charge in [-0.15, -0.1) is 0 Å². The number of aliphatic hydroxyl groups excluding tert-OH is 1. The van der Waals surface area contributed by atoms with Crippen LogP contribution in [-0.4, -0.2) is 39.0 Å². The summed E-state index contributed by atoms with van der Waals surface area (Å²) in [5.41, 5.74) is 1.20. The second-order valence-corrected chi connectivity index (χ2v) is 6.71. The van der Waals surface area contributed by atoms with Gasteiger partial charge in [0.05, 0.1) is 11.7 Å². The van der Waals surface area contributed by atoms with Crippen molar-refractivity contribution < 1.29 is 5.11 Å². The molecular weight excluding hydrogens is 262 g/mol. The summed E-state index contributed by atoms with van der Waals surface area (Å²) < 4.78 is 2.21. The largest absolute Gasteiger partial charge is 0.396 e. The van der Waals surface area contributed by atoms with Crippen molar-refractivity contribution >= 4 is 0 Å². The monoisotopic (exact) mass is 291 g/mol. The molecule has 2 heterocycles. The molecule has 1 atom stereocenters. The maximum absolute atomic E-state index is 9.23. The summed E-state index contributed by atoms with van der Waals surface area (Å²) in [4.78, 5) is 2.52. The molecule has 0 aromatic carbocycles. The molecule has 0 amide bonds. The summed E-state index contributed by atoms with van der Waals surface area (Å²) in [5, 5.41) is 14.1. The Labute approximate surface area is 128 Å². The molecule has 1 aliphatic heterocycles. The van der Waals surface area contributed by atoms with Crippen molar-refractivity contribution in [3.05, 3.63) is 18.0 Å². The highest BCUT2D eigenvalue weighted by atomic mass is 16.3. The first kappa shape index (κ1) is 15.0. The van der Waals surface area contributed by atoms with Gasteiger partial charge in [0.15, 0.2) is 0 Å². The zero-order valence-corrected chi connectivity index (χ0v) is 13.1. The highest BCUT2D eigenvalue weighted by Gasteiger charge is 2.23. The van der Waals surface area contributed by atoms with Gasteiger partial charge in [-0.2, -0.15) is 5.10 Å². The number of aliphatic hydroxyl groups is 1. The highest BCUT2D eigenvalue weighted by molar-refractivity contribution is 5.01. The second-order valence-electron chi connectivity index (χ2n) is 6.71. The molecule has 118 valence electrons. The van der Waals surface area contributed by atoms with Gasteiger partial charge in [-0.25, -0.2) is 0 Å². The Kier molecular flexibility index (Phi) is 5.31. The van der Waals surface area contributed by atoms with E-state index in [1.165, 1.54) is 57.1 Å². The summed E-state index contributed by atoms with van der Waals surface area (Å²) in [5.74, 6) is 0. The second kappa shape index (κ2) is 7.41. The highest BCUT2D eigenvalue weighted by Crippen LogP contribution is 2.28. The van der Waals surface area contributed by atoms with Gasteiger partial charge < -0.3 is 5.11 Å². The van der Waals surface area contributed by atoms with Crippen LogP contribution in [-0.2, 0) is 6.54 Å². The maximum atomic E-state index is 9.23. The minimum absolute atomic E-state index is 0.303. The van der Waals surface area contributed by atoms with E-state index in [2.05, 4.69) is 21.8 Å². The molecule has 1 aromatic heterocycles. The number of nitrogens with zero attached hydrogens (tertiary/aromatic N) is 3. The first-order chi connectivity index (χ1) is 10.4. The van der Waals surface area contributed by atoms with E-state index in [9.17, 15) is 5.11 Å². The average Bonchev–Trinajstić information content (AvgIpc) is 2.99. The first-order valence-electron chi connectivity index (χ1n) is 8.76. The van der Waals surface area contributed by atoms with Crippen LogP contribution in [0.4, 0.5) is 0 Å². The molecule has 0 bridgehead atoms. The molecule has 1 saturated carbocycles. The minimum atomic E-state index is 0.303. The van der Waals surface area contributed by atoms with Gasteiger partial charge in [0, 0.05) is 25.4 Å². The molecule has 1 saturated heterocycles. The lowest BCUT2D eigenvalue weighted by Gasteiger charge is -2.35. The molecule has 1 unspecified atom stereocenters. The van der Waals surface area contributed by atoms with Crippen molar-refractivity contribution in [3.63, 3.8) is 0 Å². The zero-order chi connectivity index (χ0) is 14.5. The first-order valence-corrected chi connectivity index (χ1v) is 8.76. The van der Waals surface area contributed by atoms with Crippen LogP contribution in [0.25, 0.3) is 0 Å². The van der Waals surface area contributed by atoms with Crippen LogP contribution in [0.5, 0.6) is 0 Å². The normalized spacial score (nSPS) is 25.3. The summed E-state index contributed by atoms with van der Waals surface area (Å²) in [6.45, 7) is 2.41. The van der Waals surface area contributed by atoms with Gasteiger partial charge in [-0.3, -0.25) is 9.58 Å². The van der Waals surface area contributed by atoms with Crippen LogP contribution in [0.2, 0.25) is 0 Å². The summed E-state index contributed by atoms with van der Waals surface area (Å²) in [6.07, 6.45) is 13.6. The Bertz CT molecular complexity index is 423. The SMILES string of the molecule is OCCC1CCCCN1Cc1ccn(C2CCCCC2)n1. The van der Waals surface area contributed by atoms with E-state index in [-0.39, 0.29) is 0 Å². The third-order valence-corrected chi connectivity index (χ3v) is 5.19. The van der Waals surface area contributed by atoms with E-state index >= 15 is 0 Å². The molecule has 1 N–H and O–H groups in total. The van der Waals surface area contributed by atoms with Crippen LogP contribution < -0.4 is 0 Å². The van der Waals surface area contributed by atoms with Crippen LogP contribution in [0, 0.1) is 0 Å². The van der Waals surface area contributed by atoms with Crippen molar-refractivity contribution in [1.82, 2.24) is 14.7 Å². The number of rotatable bonds is 5. The third-order valence-electron chi connectivity index (χ3n) is 5.19. The summed E-state index contributed by atoms with van der Waals surface area (Å²) in [7, 11) is 0. The Morgan fingerprint density at radius 2 is 1.90 bits per heavy atom. The van der Waals surface area contributed by atoms with Gasteiger partial charge >= 0.3 is 0 Å². The Morgan fingerprint density at radius 3 is 2.71 bits per heavy atom. The van der Waals surface area contributed by atoms with Gasteiger partial charge in [-0.1, -0.05) is 25.7 Å². The molecule has 2 aliphatic rings. The smallest absolute Gasteiger partial charge is 0.0765 e. The molecule has 1 aliphatic carbocycles. The molecule has 4 heteroatoms. The quantitative estimate of drug-likeness (QED) is 0.906. The molecule has 2 fully saturated rings. The van der Waals surface area contributed by atoms with E-state index in [1.54, 1.807) is 0 Å². The van der Waals surface area contributed by atoms with Crippen molar-refractivity contribution in [2.45, 2.75) is 76.4 Å². The van der Waals surface area contributed by atoms with Gasteiger partial charge in [0.2, 0.25) is 0 Å². The van der Waals surface area contributed by atoms with Crippen molar-refractivity contribution in [1.29, 1.82) is 0 Å². The Balaban J connectivity index is 1.60. The van der Waals surface area contributed by atoms with Crippen molar-refractivity contribution in [2.75, 3.05) is 13.2 Å². The Morgan fingerprint density at radius 1 is 1.10 bits per heavy atom. The van der Waals surface area contributed by atoms with Crippen LogP contribution >= 0.6 is 0 Å². The van der Waals surface area contributed by atoms with Crippen LogP contribution in [0.3, 0.4) is 0 Å². The molecule has 21 heavy (non-hydrogen) atoms. The topological polar surface area (TPSA) is 41.3 Å². The number of piperidine rings is 1. The predicted octanol–water partition coefficient (Wildman–Crippen LogP) is 3.13. The fraction of sp³-hybridized carbons (Fsp3) is 0.824. The average molecular weight is 291 g/mol. The summed E-state index contributed by atoms with van der Waals surface area (Å²) >= 11 is 0. The van der Waals surface area contributed by atoms with Gasteiger partial charge in [0.25, 0.3) is 0 Å². The third kappa shape index (κ3) is 3.86. The molecule has 3 rings (SSSR count). The molecular formula is C17H29N3O. The van der Waals surface area contributed by atoms with Gasteiger partial charge in [-0.05, 0) is 44.7 Å². The van der Waals surface area contributed by atoms with Crippen LogP contribution in [0.15, 0.2) is 12.3 Å². The Hall–Kier alpha value is -0.870. The summed E-state index contributed by atoms with van der Waals surface area (Å²) in [6, 6.07) is 3.37. The van der Waals surface area contributed by atoms with E-state index in [1.807, 2.05) is 0 Å². The fourth-order valence-electron chi connectivity index (χ4n) is 3.96. The lowest BCUT2D eigenvalue weighted by atomic mass is 9.96. The number of aromatic nitrogens is 2. The molecule has 1 aromatic rings.